The van der Waals surface area contributed by atoms with E-state index in [-0.39, 0.29) is 17.1 Å². The van der Waals surface area contributed by atoms with Crippen molar-refractivity contribution in [1.82, 2.24) is 19.5 Å². The van der Waals surface area contributed by atoms with E-state index < -0.39 is 0 Å². The number of aromatic nitrogens is 4. The number of fused-ring (bicyclic) bond motifs is 1. The summed E-state index contributed by atoms with van der Waals surface area (Å²) in [5.41, 5.74) is 7.52. The molecule has 0 radical (unpaired) electrons. The van der Waals surface area contributed by atoms with Crippen LogP contribution in [-0.2, 0) is 11.3 Å². The Labute approximate surface area is 167 Å². The van der Waals surface area contributed by atoms with Gasteiger partial charge in [-0.1, -0.05) is 42.6 Å². The molecule has 146 valence electrons. The molecule has 8 heteroatoms. The lowest BCUT2D eigenvalue weighted by atomic mass is 9.79. The van der Waals surface area contributed by atoms with Gasteiger partial charge in [0.1, 0.15) is 5.52 Å². The van der Waals surface area contributed by atoms with Gasteiger partial charge in [-0.05, 0) is 36.8 Å². The summed E-state index contributed by atoms with van der Waals surface area (Å²) in [4.78, 5) is 24.9. The molecule has 1 saturated carbocycles. The van der Waals surface area contributed by atoms with E-state index in [2.05, 4.69) is 15.0 Å². The van der Waals surface area contributed by atoms with Crippen LogP contribution in [0, 0.1) is 11.8 Å². The first-order chi connectivity index (χ1) is 13.6. The fraction of sp³-hybridized carbons (Fsp3) is 0.400. The molecule has 0 bridgehead atoms. The maximum atomic E-state index is 12.3. The normalized spacial score (nSPS) is 19.6. The summed E-state index contributed by atoms with van der Waals surface area (Å²) < 4.78 is 7.59. The highest BCUT2D eigenvalue weighted by Crippen LogP contribution is 2.32. The van der Waals surface area contributed by atoms with Gasteiger partial charge in [0, 0.05) is 6.54 Å². The zero-order valence-electron chi connectivity index (χ0n) is 15.4. The number of nitrogen functional groups attached to an aromatic ring is 1. The largest absolute Gasteiger partial charge is 0.462 e. The van der Waals surface area contributed by atoms with Crippen molar-refractivity contribution in [3.63, 3.8) is 0 Å². The summed E-state index contributed by atoms with van der Waals surface area (Å²) >= 11 is 6.13. The second-order valence-electron chi connectivity index (χ2n) is 7.21. The van der Waals surface area contributed by atoms with E-state index in [1.54, 1.807) is 18.5 Å². The summed E-state index contributed by atoms with van der Waals surface area (Å²) in [7, 11) is 0. The smallest absolute Gasteiger partial charge is 0.338 e. The van der Waals surface area contributed by atoms with E-state index in [4.69, 9.17) is 22.1 Å². The Hall–Kier alpha value is -2.67. The number of carbonyl (C=O) groups excluding carboxylic acids is 1. The van der Waals surface area contributed by atoms with Crippen LogP contribution in [0.1, 0.15) is 36.0 Å². The molecule has 0 amide bonds. The predicted molar refractivity (Wildman–Crippen MR) is 107 cm³/mol. The van der Waals surface area contributed by atoms with Gasteiger partial charge in [-0.2, -0.15) is 9.97 Å². The summed E-state index contributed by atoms with van der Waals surface area (Å²) in [6.07, 6.45) is 6.15. The number of imidazole rings is 1. The number of hydrogen-bond acceptors (Lipinski definition) is 6. The lowest BCUT2D eigenvalue weighted by molar-refractivity contribution is 0.0327. The van der Waals surface area contributed by atoms with Gasteiger partial charge >= 0.3 is 5.97 Å². The van der Waals surface area contributed by atoms with Gasteiger partial charge in [0.25, 0.3) is 0 Å². The quantitative estimate of drug-likeness (QED) is 0.518. The Morgan fingerprint density at radius 1 is 1.18 bits per heavy atom. The third kappa shape index (κ3) is 3.94. The number of anilines is 1. The van der Waals surface area contributed by atoms with Gasteiger partial charge in [-0.15, -0.1) is 0 Å². The minimum atomic E-state index is -0.273. The summed E-state index contributed by atoms with van der Waals surface area (Å²) in [6.45, 7) is 1.15. The zero-order chi connectivity index (χ0) is 19.5. The number of ether oxygens (including phenoxy) is 1. The van der Waals surface area contributed by atoms with Gasteiger partial charge < -0.3 is 15.0 Å². The molecule has 0 saturated heterocycles. The maximum absolute atomic E-state index is 12.3. The van der Waals surface area contributed by atoms with Gasteiger partial charge in [0.15, 0.2) is 10.8 Å². The number of hydrogen-bond donors (Lipinski definition) is 1. The van der Waals surface area contributed by atoms with Crippen molar-refractivity contribution in [1.29, 1.82) is 0 Å². The van der Waals surface area contributed by atoms with Crippen molar-refractivity contribution in [2.24, 2.45) is 11.8 Å². The summed E-state index contributed by atoms with van der Waals surface area (Å²) in [5.74, 6) is 0.528. The van der Waals surface area contributed by atoms with Crippen molar-refractivity contribution in [3.8, 4) is 0 Å². The number of benzene rings is 1. The van der Waals surface area contributed by atoms with Crippen molar-refractivity contribution in [2.75, 3.05) is 12.3 Å². The molecule has 2 aromatic heterocycles. The molecule has 1 aromatic carbocycles. The molecule has 2 unspecified atom stereocenters. The van der Waals surface area contributed by atoms with Crippen LogP contribution in [0.5, 0.6) is 0 Å². The molecule has 1 fully saturated rings. The molecule has 2 heterocycles. The Balaban J connectivity index is 1.46. The average Bonchev–Trinajstić information content (AvgIpc) is 3.10. The zero-order valence-corrected chi connectivity index (χ0v) is 16.2. The van der Waals surface area contributed by atoms with Crippen molar-refractivity contribution < 1.29 is 9.53 Å². The first kappa shape index (κ1) is 18.7. The molecule has 2 N–H and O–H groups in total. The first-order valence-electron chi connectivity index (χ1n) is 9.48. The Kier molecular flexibility index (Phi) is 5.43. The second-order valence-corrected chi connectivity index (χ2v) is 7.57. The minimum Gasteiger partial charge on any atom is -0.462 e. The minimum absolute atomic E-state index is 0.135. The molecular weight excluding hydrogens is 378 g/mol. The molecule has 1 aliphatic rings. The van der Waals surface area contributed by atoms with Gasteiger partial charge in [0.05, 0.1) is 18.5 Å². The first-order valence-corrected chi connectivity index (χ1v) is 9.85. The highest BCUT2D eigenvalue weighted by atomic mass is 35.5. The Morgan fingerprint density at radius 2 is 1.93 bits per heavy atom. The Bertz CT molecular complexity index is 975. The van der Waals surface area contributed by atoms with E-state index in [0.29, 0.717) is 35.2 Å². The molecule has 1 aliphatic carbocycles. The number of nitrogens with zero attached hydrogens (tertiary/aromatic N) is 4. The van der Waals surface area contributed by atoms with E-state index in [9.17, 15) is 4.79 Å². The number of nitrogens with two attached hydrogens (primary N) is 1. The van der Waals surface area contributed by atoms with Crippen molar-refractivity contribution in [2.45, 2.75) is 32.2 Å². The highest BCUT2D eigenvalue weighted by molar-refractivity contribution is 6.33. The molecule has 3 aromatic rings. The van der Waals surface area contributed by atoms with E-state index in [1.807, 2.05) is 22.8 Å². The van der Waals surface area contributed by atoms with Crippen molar-refractivity contribution >= 4 is 34.7 Å². The Morgan fingerprint density at radius 3 is 2.71 bits per heavy atom. The van der Waals surface area contributed by atoms with Crippen LogP contribution in [0.3, 0.4) is 0 Å². The topological polar surface area (TPSA) is 95.9 Å². The highest BCUT2D eigenvalue weighted by Gasteiger charge is 2.27. The monoisotopic (exact) mass is 399 g/mol. The van der Waals surface area contributed by atoms with E-state index in [0.717, 1.165) is 32.2 Å². The molecule has 4 rings (SSSR count). The van der Waals surface area contributed by atoms with Crippen LogP contribution >= 0.6 is 11.6 Å². The molecule has 28 heavy (non-hydrogen) atoms. The number of halogens is 1. The lowest BCUT2D eigenvalue weighted by Crippen LogP contribution is -2.28. The maximum Gasteiger partial charge on any atom is 0.338 e. The van der Waals surface area contributed by atoms with Gasteiger partial charge in [0.2, 0.25) is 5.95 Å². The van der Waals surface area contributed by atoms with E-state index in [1.165, 1.54) is 0 Å². The molecule has 7 nitrogen and oxygen atoms in total. The van der Waals surface area contributed by atoms with Gasteiger partial charge in [-0.25, -0.2) is 9.78 Å². The van der Waals surface area contributed by atoms with Crippen LogP contribution in [0.25, 0.3) is 11.2 Å². The molecule has 0 spiro atoms. The average molecular weight is 400 g/mol. The molecule has 0 aliphatic heterocycles. The number of esters is 1. The predicted octanol–water partition coefficient (Wildman–Crippen LogP) is 3.73. The summed E-state index contributed by atoms with van der Waals surface area (Å²) in [5, 5.41) is 0.262. The fourth-order valence-corrected chi connectivity index (χ4v) is 4.12. The molecular formula is C20H22ClN5O2. The van der Waals surface area contributed by atoms with Crippen LogP contribution in [0.15, 0.2) is 36.7 Å². The lowest BCUT2D eigenvalue weighted by Gasteiger charge is -2.31. The SMILES string of the molecule is Nc1nc(Cl)c2ncn(CC3CCCCC3COC(=O)c3ccccc3)c2n1. The van der Waals surface area contributed by atoms with Crippen LogP contribution < -0.4 is 5.73 Å². The van der Waals surface area contributed by atoms with Crippen molar-refractivity contribution in [3.05, 3.63) is 47.4 Å². The fourth-order valence-electron chi connectivity index (χ4n) is 3.90. The second kappa shape index (κ2) is 8.14. The van der Waals surface area contributed by atoms with Crippen LogP contribution in [-0.4, -0.2) is 32.1 Å². The molecule has 2 atom stereocenters. The number of carbonyl (C=O) groups is 1. The third-order valence-electron chi connectivity index (χ3n) is 5.37. The van der Waals surface area contributed by atoms with Crippen LogP contribution in [0.2, 0.25) is 5.15 Å². The number of rotatable bonds is 5. The van der Waals surface area contributed by atoms with Crippen LogP contribution in [0.4, 0.5) is 5.95 Å². The standard InChI is InChI=1S/C20H22ClN5O2/c21-17-16-18(25-20(22)24-17)26(12-23-16)10-14-8-4-5-9-15(14)11-28-19(27)13-6-2-1-3-7-13/h1-3,6-7,12,14-15H,4-5,8-11H2,(H2,22,24,25). The third-order valence-corrected chi connectivity index (χ3v) is 5.64. The summed E-state index contributed by atoms with van der Waals surface area (Å²) in [6, 6.07) is 9.09. The van der Waals surface area contributed by atoms with E-state index >= 15 is 0 Å². The van der Waals surface area contributed by atoms with Gasteiger partial charge in [-0.3, -0.25) is 0 Å².